The quantitative estimate of drug-likeness (QED) is 0.542. The maximum Gasteiger partial charge on any atom is 0.235 e. The Labute approximate surface area is 188 Å². The number of hydrogen-bond acceptors (Lipinski definition) is 5. The molecule has 6 nitrogen and oxygen atoms in total. The molecule has 1 aromatic heterocycles. The molecule has 1 aliphatic heterocycles. The number of carbonyl (C=O) groups is 1. The zero-order valence-electron chi connectivity index (χ0n) is 18.4. The zero-order chi connectivity index (χ0) is 21.8. The fourth-order valence-electron chi connectivity index (χ4n) is 4.14. The summed E-state index contributed by atoms with van der Waals surface area (Å²) in [6.45, 7) is 7.73. The van der Waals surface area contributed by atoms with Crippen molar-refractivity contribution < 1.29 is 4.79 Å². The number of amides is 1. The SMILES string of the molecule is Cc1cccc(-n2nnnc2SC(C)C(=O)N2CCC(Cc3ccccc3)CC2)c1C. The van der Waals surface area contributed by atoms with Gasteiger partial charge in [-0.15, -0.1) is 5.10 Å². The van der Waals surface area contributed by atoms with E-state index in [4.69, 9.17) is 0 Å². The van der Waals surface area contributed by atoms with Gasteiger partial charge in [0, 0.05) is 13.1 Å². The van der Waals surface area contributed by atoms with Gasteiger partial charge in [-0.1, -0.05) is 54.2 Å². The topological polar surface area (TPSA) is 63.9 Å². The molecule has 0 spiro atoms. The van der Waals surface area contributed by atoms with Gasteiger partial charge in [0.2, 0.25) is 11.1 Å². The van der Waals surface area contributed by atoms with E-state index in [9.17, 15) is 4.79 Å². The Morgan fingerprint density at radius 2 is 1.84 bits per heavy atom. The Balaban J connectivity index is 1.36. The molecule has 3 aromatic rings. The average molecular weight is 436 g/mol. The third-order valence-electron chi connectivity index (χ3n) is 6.17. The summed E-state index contributed by atoms with van der Waals surface area (Å²) in [5.41, 5.74) is 4.66. The number of thioether (sulfide) groups is 1. The molecule has 31 heavy (non-hydrogen) atoms. The molecule has 1 fully saturated rings. The molecule has 0 N–H and O–H groups in total. The molecular formula is C24H29N5OS. The minimum atomic E-state index is -0.236. The number of benzene rings is 2. The Bertz CT molecular complexity index is 1030. The van der Waals surface area contributed by atoms with Gasteiger partial charge >= 0.3 is 0 Å². The first-order chi connectivity index (χ1) is 15.0. The van der Waals surface area contributed by atoms with Gasteiger partial charge in [0.25, 0.3) is 0 Å². The summed E-state index contributed by atoms with van der Waals surface area (Å²) in [6, 6.07) is 16.7. The highest BCUT2D eigenvalue weighted by Gasteiger charge is 2.28. The van der Waals surface area contributed by atoms with Crippen molar-refractivity contribution in [2.45, 2.75) is 50.4 Å². The normalized spacial score (nSPS) is 15.8. The molecule has 7 heteroatoms. The molecule has 162 valence electrons. The number of likely N-dealkylation sites (tertiary alicyclic amines) is 1. The van der Waals surface area contributed by atoms with E-state index < -0.39 is 0 Å². The van der Waals surface area contributed by atoms with E-state index in [1.165, 1.54) is 22.9 Å². The predicted molar refractivity (Wildman–Crippen MR) is 123 cm³/mol. The zero-order valence-corrected chi connectivity index (χ0v) is 19.2. The fourth-order valence-corrected chi connectivity index (χ4v) is 5.02. The first-order valence-corrected chi connectivity index (χ1v) is 11.7. The highest BCUT2D eigenvalue weighted by molar-refractivity contribution is 8.00. The maximum atomic E-state index is 13.1. The third-order valence-corrected chi connectivity index (χ3v) is 7.19. The van der Waals surface area contributed by atoms with Crippen LogP contribution in [-0.2, 0) is 11.2 Å². The minimum Gasteiger partial charge on any atom is -0.342 e. The van der Waals surface area contributed by atoms with Crippen molar-refractivity contribution in [3.05, 3.63) is 65.2 Å². The number of tetrazole rings is 1. The van der Waals surface area contributed by atoms with Crippen LogP contribution >= 0.6 is 11.8 Å². The summed E-state index contributed by atoms with van der Waals surface area (Å²) in [5.74, 6) is 0.810. The van der Waals surface area contributed by atoms with Crippen molar-refractivity contribution in [2.24, 2.45) is 5.92 Å². The molecule has 2 aromatic carbocycles. The van der Waals surface area contributed by atoms with Crippen LogP contribution < -0.4 is 0 Å². The lowest BCUT2D eigenvalue weighted by atomic mass is 9.90. The Kier molecular flexibility index (Phi) is 6.70. The number of carbonyl (C=O) groups excluding carboxylic acids is 1. The van der Waals surface area contributed by atoms with Gasteiger partial charge < -0.3 is 4.90 Å². The highest BCUT2D eigenvalue weighted by atomic mass is 32.2. The molecular weight excluding hydrogens is 406 g/mol. The van der Waals surface area contributed by atoms with E-state index in [1.807, 2.05) is 24.0 Å². The van der Waals surface area contributed by atoms with E-state index in [-0.39, 0.29) is 11.2 Å². The van der Waals surface area contributed by atoms with Crippen LogP contribution in [0.4, 0.5) is 0 Å². The fraction of sp³-hybridized carbons (Fsp3) is 0.417. The second-order valence-corrected chi connectivity index (χ2v) is 9.62. The van der Waals surface area contributed by atoms with Gasteiger partial charge in [0.15, 0.2) is 0 Å². The predicted octanol–water partition coefficient (Wildman–Crippen LogP) is 4.24. The largest absolute Gasteiger partial charge is 0.342 e. The molecule has 1 amide bonds. The molecule has 1 atom stereocenters. The van der Waals surface area contributed by atoms with Crippen LogP contribution in [0.25, 0.3) is 5.69 Å². The second-order valence-electron chi connectivity index (χ2n) is 8.31. The van der Waals surface area contributed by atoms with Crippen LogP contribution in [0.1, 0.15) is 36.5 Å². The van der Waals surface area contributed by atoms with Crippen molar-refractivity contribution >= 4 is 17.7 Å². The van der Waals surface area contributed by atoms with E-state index in [0.29, 0.717) is 11.1 Å². The van der Waals surface area contributed by atoms with E-state index in [0.717, 1.165) is 43.6 Å². The molecule has 0 aliphatic carbocycles. The van der Waals surface area contributed by atoms with Crippen LogP contribution in [-0.4, -0.2) is 49.4 Å². The number of aryl methyl sites for hydroxylation is 1. The van der Waals surface area contributed by atoms with Crippen molar-refractivity contribution in [2.75, 3.05) is 13.1 Å². The molecule has 0 bridgehead atoms. The number of hydrogen-bond donors (Lipinski definition) is 0. The molecule has 0 saturated carbocycles. The lowest BCUT2D eigenvalue weighted by Crippen LogP contribution is -2.42. The number of nitrogens with zero attached hydrogens (tertiary/aromatic N) is 5. The molecule has 1 unspecified atom stereocenters. The third kappa shape index (κ3) is 4.98. The van der Waals surface area contributed by atoms with Crippen LogP contribution in [0, 0.1) is 19.8 Å². The standard InChI is InChI=1S/C24H29N5OS/c1-17-8-7-11-22(18(17)2)29-24(25-26-27-29)31-19(3)23(30)28-14-12-21(13-15-28)16-20-9-5-4-6-10-20/h4-11,19,21H,12-16H2,1-3H3. The van der Waals surface area contributed by atoms with Gasteiger partial charge in [0.1, 0.15) is 0 Å². The summed E-state index contributed by atoms with van der Waals surface area (Å²) in [4.78, 5) is 15.1. The molecule has 0 radical (unpaired) electrons. The van der Waals surface area contributed by atoms with E-state index in [1.54, 1.807) is 4.68 Å². The lowest BCUT2D eigenvalue weighted by molar-refractivity contribution is -0.131. The Morgan fingerprint density at radius 1 is 1.10 bits per heavy atom. The summed E-state index contributed by atoms with van der Waals surface area (Å²) in [5, 5.41) is 12.6. The number of piperidine rings is 1. The summed E-state index contributed by atoms with van der Waals surface area (Å²) < 4.78 is 1.74. The average Bonchev–Trinajstić information content (AvgIpc) is 3.24. The van der Waals surface area contributed by atoms with Gasteiger partial charge in [-0.2, -0.15) is 4.68 Å². The minimum absolute atomic E-state index is 0.165. The van der Waals surface area contributed by atoms with Crippen molar-refractivity contribution in [1.29, 1.82) is 0 Å². The van der Waals surface area contributed by atoms with E-state index in [2.05, 4.69) is 65.8 Å². The van der Waals surface area contributed by atoms with Crippen LogP contribution in [0.2, 0.25) is 0 Å². The molecule has 4 rings (SSSR count). The lowest BCUT2D eigenvalue weighted by Gasteiger charge is -2.33. The van der Waals surface area contributed by atoms with Gasteiger partial charge in [-0.05, 0) is 79.1 Å². The summed E-state index contributed by atoms with van der Waals surface area (Å²) >= 11 is 1.43. The molecule has 2 heterocycles. The van der Waals surface area contributed by atoms with Crippen LogP contribution in [0.5, 0.6) is 0 Å². The summed E-state index contributed by atoms with van der Waals surface area (Å²) in [6.07, 6.45) is 3.20. The van der Waals surface area contributed by atoms with Crippen molar-refractivity contribution in [1.82, 2.24) is 25.1 Å². The molecule has 1 saturated heterocycles. The van der Waals surface area contributed by atoms with Gasteiger partial charge in [-0.25, -0.2) is 0 Å². The maximum absolute atomic E-state index is 13.1. The highest BCUT2D eigenvalue weighted by Crippen LogP contribution is 2.28. The smallest absolute Gasteiger partial charge is 0.235 e. The monoisotopic (exact) mass is 435 g/mol. The van der Waals surface area contributed by atoms with Crippen LogP contribution in [0.15, 0.2) is 53.7 Å². The van der Waals surface area contributed by atoms with Crippen molar-refractivity contribution in [3.8, 4) is 5.69 Å². The summed E-state index contributed by atoms with van der Waals surface area (Å²) in [7, 11) is 0. The Hall–Kier alpha value is -2.67. The number of rotatable bonds is 6. The molecule has 1 aliphatic rings. The van der Waals surface area contributed by atoms with E-state index >= 15 is 0 Å². The second kappa shape index (κ2) is 9.64. The first kappa shape index (κ1) is 21.6. The van der Waals surface area contributed by atoms with Gasteiger partial charge in [0.05, 0.1) is 10.9 Å². The van der Waals surface area contributed by atoms with Gasteiger partial charge in [-0.3, -0.25) is 4.79 Å². The van der Waals surface area contributed by atoms with Crippen LogP contribution in [0.3, 0.4) is 0 Å². The first-order valence-electron chi connectivity index (χ1n) is 10.9. The van der Waals surface area contributed by atoms with Crippen molar-refractivity contribution in [3.63, 3.8) is 0 Å². The Morgan fingerprint density at radius 3 is 2.58 bits per heavy atom. The number of aromatic nitrogens is 4.